The van der Waals surface area contributed by atoms with E-state index in [0.29, 0.717) is 18.4 Å². The summed E-state index contributed by atoms with van der Waals surface area (Å²) in [4.78, 5) is 35.5. The average molecular weight is 428 g/mol. The summed E-state index contributed by atoms with van der Waals surface area (Å²) >= 11 is 0. The zero-order valence-corrected chi connectivity index (χ0v) is 17.3. The highest BCUT2D eigenvalue weighted by atomic mass is 16.6. The standard InChI is InChI=1S/C23H24O8/c1-16(25)30-19-8-4-3-7-18(19)23(27)31-20-11-9-17(15-21(20)28-2)10-12-22(26)29-14-6-5-13-24/h3-4,7-12,15,24H,5-6,13-14H2,1-2H3/b12-10+. The van der Waals surface area contributed by atoms with Gasteiger partial charge < -0.3 is 24.1 Å². The van der Waals surface area contributed by atoms with E-state index in [1.807, 2.05) is 0 Å². The number of benzene rings is 2. The van der Waals surface area contributed by atoms with E-state index in [1.54, 1.807) is 30.3 Å². The fourth-order valence-corrected chi connectivity index (χ4v) is 2.51. The van der Waals surface area contributed by atoms with Crippen LogP contribution in [0.25, 0.3) is 6.08 Å². The zero-order valence-electron chi connectivity index (χ0n) is 17.3. The molecule has 0 atom stereocenters. The molecule has 0 unspecified atom stereocenters. The maximum absolute atomic E-state index is 12.6. The molecule has 0 amide bonds. The number of rotatable bonds is 10. The molecule has 0 spiro atoms. The third-order valence-electron chi connectivity index (χ3n) is 3.96. The second-order valence-corrected chi connectivity index (χ2v) is 6.32. The second-order valence-electron chi connectivity index (χ2n) is 6.32. The highest BCUT2D eigenvalue weighted by Gasteiger charge is 2.18. The summed E-state index contributed by atoms with van der Waals surface area (Å²) in [5.74, 6) is -1.25. The minimum Gasteiger partial charge on any atom is -0.493 e. The van der Waals surface area contributed by atoms with Crippen LogP contribution in [-0.4, -0.2) is 43.3 Å². The molecular weight excluding hydrogens is 404 g/mol. The molecule has 8 heteroatoms. The number of esters is 3. The number of methoxy groups -OCH3 is 1. The maximum atomic E-state index is 12.6. The Balaban J connectivity index is 2.08. The molecule has 164 valence electrons. The molecule has 0 saturated heterocycles. The van der Waals surface area contributed by atoms with E-state index in [4.69, 9.17) is 24.1 Å². The Labute approximate surface area is 180 Å². The first-order chi connectivity index (χ1) is 14.9. The molecule has 2 aromatic carbocycles. The Morgan fingerprint density at radius 3 is 2.45 bits per heavy atom. The van der Waals surface area contributed by atoms with Crippen LogP contribution in [0.1, 0.15) is 35.7 Å². The van der Waals surface area contributed by atoms with Crippen LogP contribution in [0.4, 0.5) is 0 Å². The van der Waals surface area contributed by atoms with E-state index >= 15 is 0 Å². The van der Waals surface area contributed by atoms with Crippen molar-refractivity contribution in [2.45, 2.75) is 19.8 Å². The van der Waals surface area contributed by atoms with Gasteiger partial charge in [-0.1, -0.05) is 18.2 Å². The Kier molecular flexibility index (Phi) is 9.25. The van der Waals surface area contributed by atoms with E-state index in [2.05, 4.69) is 0 Å². The van der Waals surface area contributed by atoms with Crippen LogP contribution in [0.5, 0.6) is 17.2 Å². The number of aliphatic hydroxyl groups excluding tert-OH is 1. The third kappa shape index (κ3) is 7.60. The van der Waals surface area contributed by atoms with Crippen molar-refractivity contribution in [2.24, 2.45) is 0 Å². The SMILES string of the molecule is COc1cc(/C=C/C(=O)OCCCCO)ccc1OC(=O)c1ccccc1OC(C)=O. The van der Waals surface area contributed by atoms with Gasteiger partial charge in [-0.2, -0.15) is 0 Å². The lowest BCUT2D eigenvalue weighted by Crippen LogP contribution is -2.13. The van der Waals surface area contributed by atoms with Gasteiger partial charge in [0.2, 0.25) is 0 Å². The molecule has 8 nitrogen and oxygen atoms in total. The van der Waals surface area contributed by atoms with Gasteiger partial charge in [0.1, 0.15) is 11.3 Å². The van der Waals surface area contributed by atoms with Crippen molar-refractivity contribution in [3.63, 3.8) is 0 Å². The van der Waals surface area contributed by atoms with Crippen molar-refractivity contribution in [2.75, 3.05) is 20.3 Å². The molecule has 31 heavy (non-hydrogen) atoms. The van der Waals surface area contributed by atoms with Gasteiger partial charge in [0, 0.05) is 19.6 Å². The van der Waals surface area contributed by atoms with Crippen LogP contribution in [0, 0.1) is 0 Å². The van der Waals surface area contributed by atoms with E-state index in [0.717, 1.165) is 0 Å². The number of carbonyl (C=O) groups excluding carboxylic acids is 3. The predicted molar refractivity (Wildman–Crippen MR) is 112 cm³/mol. The molecule has 0 aromatic heterocycles. The van der Waals surface area contributed by atoms with Crippen LogP contribution in [0.15, 0.2) is 48.5 Å². The summed E-state index contributed by atoms with van der Waals surface area (Å²) in [7, 11) is 1.42. The summed E-state index contributed by atoms with van der Waals surface area (Å²) in [5, 5.41) is 8.71. The van der Waals surface area contributed by atoms with Gasteiger partial charge in [-0.25, -0.2) is 9.59 Å². The zero-order chi connectivity index (χ0) is 22.6. The van der Waals surface area contributed by atoms with Crippen molar-refractivity contribution in [1.29, 1.82) is 0 Å². The fourth-order valence-electron chi connectivity index (χ4n) is 2.51. The largest absolute Gasteiger partial charge is 0.493 e. The van der Waals surface area contributed by atoms with Crippen molar-refractivity contribution >= 4 is 24.0 Å². The first-order valence-corrected chi connectivity index (χ1v) is 9.58. The summed E-state index contributed by atoms with van der Waals surface area (Å²) in [6.07, 6.45) is 3.97. The van der Waals surface area contributed by atoms with Gasteiger partial charge in [-0.15, -0.1) is 0 Å². The minimum atomic E-state index is -0.718. The normalized spacial score (nSPS) is 10.5. The summed E-state index contributed by atoms with van der Waals surface area (Å²) in [6, 6.07) is 11.0. The lowest BCUT2D eigenvalue weighted by atomic mass is 10.1. The molecule has 0 fully saturated rings. The van der Waals surface area contributed by atoms with Crippen LogP contribution in [0.3, 0.4) is 0 Å². The molecule has 2 aromatic rings. The smallest absolute Gasteiger partial charge is 0.347 e. The minimum absolute atomic E-state index is 0.0550. The van der Waals surface area contributed by atoms with Crippen LogP contribution in [-0.2, 0) is 14.3 Å². The maximum Gasteiger partial charge on any atom is 0.347 e. The first-order valence-electron chi connectivity index (χ1n) is 9.58. The lowest BCUT2D eigenvalue weighted by molar-refractivity contribution is -0.138. The van der Waals surface area contributed by atoms with Gasteiger partial charge in [0.25, 0.3) is 0 Å². The Hall–Kier alpha value is -3.65. The van der Waals surface area contributed by atoms with E-state index in [9.17, 15) is 14.4 Å². The van der Waals surface area contributed by atoms with Crippen molar-refractivity contribution < 1.29 is 38.4 Å². The predicted octanol–water partition coefficient (Wildman–Crippen LogP) is 3.17. The van der Waals surface area contributed by atoms with Gasteiger partial charge in [-0.05, 0) is 48.7 Å². The van der Waals surface area contributed by atoms with E-state index in [-0.39, 0.29) is 36.0 Å². The quantitative estimate of drug-likeness (QED) is 0.266. The molecule has 1 N–H and O–H groups in total. The summed E-state index contributed by atoms with van der Waals surface area (Å²) in [6.45, 7) is 1.53. The molecule has 0 radical (unpaired) electrons. The molecule has 0 saturated carbocycles. The van der Waals surface area contributed by atoms with Crippen molar-refractivity contribution in [3.05, 3.63) is 59.7 Å². The number of ether oxygens (including phenoxy) is 4. The number of hydrogen-bond donors (Lipinski definition) is 1. The molecule has 0 aliphatic carbocycles. The number of para-hydroxylation sites is 1. The number of hydrogen-bond acceptors (Lipinski definition) is 8. The lowest BCUT2D eigenvalue weighted by Gasteiger charge is -2.12. The van der Waals surface area contributed by atoms with E-state index in [1.165, 1.54) is 38.3 Å². The topological polar surface area (TPSA) is 108 Å². The molecule has 0 aliphatic rings. The highest BCUT2D eigenvalue weighted by Crippen LogP contribution is 2.30. The number of aliphatic hydroxyl groups is 1. The molecule has 2 rings (SSSR count). The van der Waals surface area contributed by atoms with Gasteiger partial charge in [0.15, 0.2) is 11.5 Å². The monoisotopic (exact) mass is 428 g/mol. The highest BCUT2D eigenvalue weighted by molar-refractivity contribution is 5.95. The van der Waals surface area contributed by atoms with Crippen molar-refractivity contribution in [3.8, 4) is 17.2 Å². The Morgan fingerprint density at radius 1 is 0.968 bits per heavy atom. The molecule has 0 heterocycles. The van der Waals surface area contributed by atoms with Crippen LogP contribution >= 0.6 is 0 Å². The number of carbonyl (C=O) groups is 3. The van der Waals surface area contributed by atoms with Crippen LogP contribution in [0.2, 0.25) is 0 Å². The Bertz CT molecular complexity index is 948. The Morgan fingerprint density at radius 2 is 1.74 bits per heavy atom. The van der Waals surface area contributed by atoms with Crippen molar-refractivity contribution in [1.82, 2.24) is 0 Å². The van der Waals surface area contributed by atoms with Gasteiger partial charge in [0.05, 0.1) is 13.7 Å². The fraction of sp³-hybridized carbons (Fsp3) is 0.261. The van der Waals surface area contributed by atoms with E-state index < -0.39 is 17.9 Å². The van der Waals surface area contributed by atoms with Gasteiger partial charge in [-0.3, -0.25) is 4.79 Å². The summed E-state index contributed by atoms with van der Waals surface area (Å²) < 4.78 is 20.7. The molecule has 0 aliphatic heterocycles. The second kappa shape index (κ2) is 12.1. The average Bonchev–Trinajstić information content (AvgIpc) is 2.76. The molecule has 0 bridgehead atoms. The number of unbranched alkanes of at least 4 members (excludes halogenated alkanes) is 1. The molecular formula is C23H24O8. The van der Waals surface area contributed by atoms with Gasteiger partial charge >= 0.3 is 17.9 Å². The third-order valence-corrected chi connectivity index (χ3v) is 3.96. The first kappa shape index (κ1) is 23.6. The summed E-state index contributed by atoms with van der Waals surface area (Å²) in [5.41, 5.74) is 0.719. The van der Waals surface area contributed by atoms with Crippen LogP contribution < -0.4 is 14.2 Å².